The van der Waals surface area contributed by atoms with Crippen LogP contribution in [0.1, 0.15) is 34.8 Å². The Morgan fingerprint density at radius 1 is 1.20 bits per heavy atom. The molecule has 1 unspecified atom stereocenters. The molecule has 0 fully saturated rings. The number of nitrogens with zero attached hydrogens (tertiary/aromatic N) is 1. The zero-order chi connectivity index (χ0) is 17.8. The number of benzene rings is 2. The molecular formula is C20H22F2N2O. The predicted molar refractivity (Wildman–Crippen MR) is 93.3 cm³/mol. The maximum Gasteiger partial charge on any atom is 0.254 e. The molecule has 0 aliphatic carbocycles. The van der Waals surface area contributed by atoms with Gasteiger partial charge in [-0.2, -0.15) is 0 Å². The lowest BCUT2D eigenvalue weighted by atomic mass is 9.98. The largest absolute Gasteiger partial charge is 0.350 e. The molecule has 1 amide bonds. The molecule has 2 aromatic carbocycles. The van der Waals surface area contributed by atoms with E-state index in [1.54, 1.807) is 0 Å². The van der Waals surface area contributed by atoms with E-state index in [4.69, 9.17) is 0 Å². The molecule has 0 saturated carbocycles. The highest BCUT2D eigenvalue weighted by Gasteiger charge is 2.23. The minimum absolute atomic E-state index is 0.125. The van der Waals surface area contributed by atoms with Gasteiger partial charge in [0.1, 0.15) is 11.6 Å². The molecule has 1 aliphatic heterocycles. The molecule has 3 rings (SSSR count). The Balaban J connectivity index is 1.62. The van der Waals surface area contributed by atoms with Crippen LogP contribution in [-0.2, 0) is 13.0 Å². The van der Waals surface area contributed by atoms with Gasteiger partial charge in [0, 0.05) is 31.7 Å². The molecule has 5 heteroatoms. The lowest BCUT2D eigenvalue weighted by Crippen LogP contribution is -2.45. The van der Waals surface area contributed by atoms with Crippen molar-refractivity contribution < 1.29 is 13.6 Å². The highest BCUT2D eigenvalue weighted by molar-refractivity contribution is 5.94. The quantitative estimate of drug-likeness (QED) is 0.900. The van der Waals surface area contributed by atoms with E-state index in [0.29, 0.717) is 6.54 Å². The van der Waals surface area contributed by atoms with E-state index in [1.165, 1.54) is 17.2 Å². The molecule has 132 valence electrons. The number of carbonyl (C=O) groups excluding carboxylic acids is 1. The Bertz CT molecular complexity index is 763. The van der Waals surface area contributed by atoms with E-state index in [0.717, 1.165) is 38.1 Å². The van der Waals surface area contributed by atoms with Crippen LogP contribution in [0.25, 0.3) is 0 Å². The second kappa shape index (κ2) is 7.74. The highest BCUT2D eigenvalue weighted by Crippen LogP contribution is 2.21. The first-order valence-corrected chi connectivity index (χ1v) is 8.62. The number of hydrogen-bond acceptors (Lipinski definition) is 2. The van der Waals surface area contributed by atoms with Crippen LogP contribution in [0.5, 0.6) is 0 Å². The summed E-state index contributed by atoms with van der Waals surface area (Å²) in [5.41, 5.74) is 2.58. The first-order chi connectivity index (χ1) is 12.1. The van der Waals surface area contributed by atoms with E-state index in [9.17, 15) is 13.6 Å². The molecule has 25 heavy (non-hydrogen) atoms. The maximum atomic E-state index is 13.7. The van der Waals surface area contributed by atoms with Crippen molar-refractivity contribution in [2.24, 2.45) is 0 Å². The van der Waals surface area contributed by atoms with Crippen LogP contribution in [0, 0.1) is 11.6 Å². The first-order valence-electron chi connectivity index (χ1n) is 8.62. The van der Waals surface area contributed by atoms with Gasteiger partial charge in [0.15, 0.2) is 0 Å². The van der Waals surface area contributed by atoms with E-state index in [1.807, 2.05) is 6.07 Å². The van der Waals surface area contributed by atoms with E-state index in [2.05, 4.69) is 35.3 Å². The molecule has 1 N–H and O–H groups in total. The van der Waals surface area contributed by atoms with Crippen LogP contribution in [0.4, 0.5) is 8.78 Å². The molecule has 1 heterocycles. The van der Waals surface area contributed by atoms with Crippen molar-refractivity contribution in [3.63, 3.8) is 0 Å². The topological polar surface area (TPSA) is 32.3 Å². The maximum absolute atomic E-state index is 13.7. The third-order valence-corrected chi connectivity index (χ3v) is 4.82. The average Bonchev–Trinajstić information content (AvgIpc) is 2.62. The fraction of sp³-hybridized carbons (Fsp3) is 0.350. The number of halogens is 2. The zero-order valence-electron chi connectivity index (χ0n) is 14.3. The van der Waals surface area contributed by atoms with Gasteiger partial charge in [-0.25, -0.2) is 8.78 Å². The molecule has 3 nitrogen and oxygen atoms in total. The van der Waals surface area contributed by atoms with Gasteiger partial charge in [-0.3, -0.25) is 9.69 Å². The molecular weight excluding hydrogens is 322 g/mol. The summed E-state index contributed by atoms with van der Waals surface area (Å²) in [4.78, 5) is 14.5. The number of carbonyl (C=O) groups is 1. The van der Waals surface area contributed by atoms with Gasteiger partial charge < -0.3 is 5.32 Å². The fourth-order valence-corrected chi connectivity index (χ4v) is 3.34. The summed E-state index contributed by atoms with van der Waals surface area (Å²) < 4.78 is 26.7. The summed E-state index contributed by atoms with van der Waals surface area (Å²) in [5, 5.41) is 2.79. The number of amides is 1. The van der Waals surface area contributed by atoms with Crippen molar-refractivity contribution in [3.05, 3.63) is 70.8 Å². The average molecular weight is 344 g/mol. The highest BCUT2D eigenvalue weighted by atomic mass is 19.1. The Morgan fingerprint density at radius 3 is 2.68 bits per heavy atom. The van der Waals surface area contributed by atoms with Crippen LogP contribution in [0.3, 0.4) is 0 Å². The van der Waals surface area contributed by atoms with Crippen LogP contribution >= 0.6 is 0 Å². The van der Waals surface area contributed by atoms with Crippen molar-refractivity contribution in [3.8, 4) is 0 Å². The van der Waals surface area contributed by atoms with E-state index in [-0.39, 0.29) is 11.6 Å². The Hall–Kier alpha value is -2.27. The molecule has 1 aliphatic rings. The SMILES string of the molecule is CCC(CNC(=O)c1ccc(F)cc1F)N1CCc2ccccc2C1. The van der Waals surface area contributed by atoms with Crippen molar-refractivity contribution in [1.29, 1.82) is 0 Å². The van der Waals surface area contributed by atoms with E-state index >= 15 is 0 Å². The third kappa shape index (κ3) is 4.04. The first kappa shape index (κ1) is 17.5. The van der Waals surface area contributed by atoms with Crippen LogP contribution < -0.4 is 5.32 Å². The van der Waals surface area contributed by atoms with Crippen LogP contribution in [0.15, 0.2) is 42.5 Å². The van der Waals surface area contributed by atoms with Gasteiger partial charge in [0.2, 0.25) is 0 Å². The van der Waals surface area contributed by atoms with Gasteiger partial charge in [-0.05, 0) is 36.1 Å². The molecule has 0 radical (unpaired) electrons. The lowest BCUT2D eigenvalue weighted by Gasteiger charge is -2.35. The molecule has 0 bridgehead atoms. The summed E-state index contributed by atoms with van der Waals surface area (Å²) in [6.45, 7) is 4.32. The molecule has 0 saturated heterocycles. The second-order valence-corrected chi connectivity index (χ2v) is 6.39. The summed E-state index contributed by atoms with van der Waals surface area (Å²) >= 11 is 0. The number of nitrogens with one attached hydrogen (secondary N) is 1. The smallest absolute Gasteiger partial charge is 0.254 e. The van der Waals surface area contributed by atoms with Crippen molar-refractivity contribution >= 4 is 5.91 Å². The number of hydrogen-bond donors (Lipinski definition) is 1. The number of fused-ring (bicyclic) bond motifs is 1. The summed E-state index contributed by atoms with van der Waals surface area (Å²) in [7, 11) is 0. The Kier molecular flexibility index (Phi) is 5.43. The van der Waals surface area contributed by atoms with Gasteiger partial charge in [0.25, 0.3) is 5.91 Å². The molecule has 0 spiro atoms. The third-order valence-electron chi connectivity index (χ3n) is 4.82. The van der Waals surface area contributed by atoms with Crippen LogP contribution in [-0.4, -0.2) is 29.9 Å². The second-order valence-electron chi connectivity index (χ2n) is 6.39. The normalized spacial score (nSPS) is 15.5. The molecule has 1 atom stereocenters. The van der Waals surface area contributed by atoms with Crippen molar-refractivity contribution in [2.45, 2.75) is 32.4 Å². The monoisotopic (exact) mass is 344 g/mol. The van der Waals surface area contributed by atoms with Crippen LogP contribution in [0.2, 0.25) is 0 Å². The lowest BCUT2D eigenvalue weighted by molar-refractivity contribution is 0.0922. The molecule has 0 aromatic heterocycles. The van der Waals surface area contributed by atoms with Gasteiger partial charge in [-0.1, -0.05) is 31.2 Å². The molecule has 2 aromatic rings. The van der Waals surface area contributed by atoms with Gasteiger partial charge in [0.05, 0.1) is 5.56 Å². The Labute approximate surface area is 146 Å². The van der Waals surface area contributed by atoms with Gasteiger partial charge in [-0.15, -0.1) is 0 Å². The zero-order valence-corrected chi connectivity index (χ0v) is 14.3. The Morgan fingerprint density at radius 2 is 1.96 bits per heavy atom. The van der Waals surface area contributed by atoms with E-state index < -0.39 is 17.5 Å². The van der Waals surface area contributed by atoms with Crippen molar-refractivity contribution in [1.82, 2.24) is 10.2 Å². The fourth-order valence-electron chi connectivity index (χ4n) is 3.34. The summed E-state index contributed by atoms with van der Waals surface area (Å²) in [6, 6.07) is 11.6. The summed E-state index contributed by atoms with van der Waals surface area (Å²) in [6.07, 6.45) is 1.88. The summed E-state index contributed by atoms with van der Waals surface area (Å²) in [5.74, 6) is -2.03. The standard InChI is InChI=1S/C20H22F2N2O/c1-2-17(24-10-9-14-5-3-4-6-15(14)13-24)12-23-20(25)18-8-7-16(21)11-19(18)22/h3-8,11,17H,2,9-10,12-13H2,1H3,(H,23,25). The predicted octanol–water partition coefficient (Wildman–Crippen LogP) is 3.53. The van der Waals surface area contributed by atoms with Crippen molar-refractivity contribution in [2.75, 3.05) is 13.1 Å². The minimum Gasteiger partial charge on any atom is -0.350 e. The number of rotatable bonds is 5. The minimum atomic E-state index is -0.836. The van der Waals surface area contributed by atoms with Gasteiger partial charge >= 0.3 is 0 Å².